The second kappa shape index (κ2) is 6.52. The van der Waals surface area contributed by atoms with Gasteiger partial charge < -0.3 is 15.4 Å². The summed E-state index contributed by atoms with van der Waals surface area (Å²) < 4.78 is 5.24. The standard InChI is InChI=1S/C14H21N3O2/c1-19-10-11-3-2-7-17(8-5-11)12-4-6-16-13(9-12)14(15)18/h4,6,9,11H,2-3,5,7-8,10H2,1H3,(H2,15,18)/t11-/m0/s1. The Balaban J connectivity index is 2.05. The number of aromatic nitrogens is 1. The summed E-state index contributed by atoms with van der Waals surface area (Å²) >= 11 is 0. The molecule has 0 saturated carbocycles. The van der Waals surface area contributed by atoms with E-state index in [1.165, 1.54) is 6.42 Å². The van der Waals surface area contributed by atoms with E-state index in [1.54, 1.807) is 19.4 Å². The number of rotatable bonds is 4. The summed E-state index contributed by atoms with van der Waals surface area (Å²) in [5, 5.41) is 0. The number of amides is 1. The highest BCUT2D eigenvalue weighted by Gasteiger charge is 2.17. The van der Waals surface area contributed by atoms with Gasteiger partial charge in [-0.2, -0.15) is 0 Å². The van der Waals surface area contributed by atoms with Crippen LogP contribution >= 0.6 is 0 Å². The zero-order valence-electron chi connectivity index (χ0n) is 11.3. The van der Waals surface area contributed by atoms with Crippen LogP contribution in [0.25, 0.3) is 0 Å². The molecule has 0 aromatic carbocycles. The van der Waals surface area contributed by atoms with Gasteiger partial charge in [-0.1, -0.05) is 0 Å². The van der Waals surface area contributed by atoms with Crippen LogP contribution in [-0.4, -0.2) is 37.7 Å². The van der Waals surface area contributed by atoms with E-state index in [0.29, 0.717) is 11.6 Å². The van der Waals surface area contributed by atoms with E-state index in [4.69, 9.17) is 10.5 Å². The van der Waals surface area contributed by atoms with Crippen LogP contribution in [0.4, 0.5) is 5.69 Å². The smallest absolute Gasteiger partial charge is 0.267 e. The first-order valence-electron chi connectivity index (χ1n) is 6.70. The predicted molar refractivity (Wildman–Crippen MR) is 74.2 cm³/mol. The number of primary amides is 1. The zero-order chi connectivity index (χ0) is 13.7. The first-order chi connectivity index (χ1) is 9.20. The summed E-state index contributed by atoms with van der Waals surface area (Å²) in [6.07, 6.45) is 5.09. The van der Waals surface area contributed by atoms with Crippen molar-refractivity contribution in [3.63, 3.8) is 0 Å². The quantitative estimate of drug-likeness (QED) is 0.892. The topological polar surface area (TPSA) is 68.4 Å². The molecular formula is C14H21N3O2. The largest absolute Gasteiger partial charge is 0.384 e. The van der Waals surface area contributed by atoms with Gasteiger partial charge in [0.15, 0.2) is 0 Å². The second-order valence-corrected chi connectivity index (χ2v) is 5.00. The number of hydrogen-bond acceptors (Lipinski definition) is 4. The minimum atomic E-state index is -0.478. The Morgan fingerprint density at radius 2 is 2.37 bits per heavy atom. The van der Waals surface area contributed by atoms with E-state index in [2.05, 4.69) is 9.88 Å². The highest BCUT2D eigenvalue weighted by atomic mass is 16.5. The maximum atomic E-state index is 11.2. The molecule has 1 amide bonds. The number of hydrogen-bond donors (Lipinski definition) is 1. The van der Waals surface area contributed by atoms with Crippen LogP contribution in [-0.2, 0) is 4.74 Å². The molecule has 1 aliphatic heterocycles. The third-order valence-corrected chi connectivity index (χ3v) is 3.61. The van der Waals surface area contributed by atoms with E-state index in [0.717, 1.165) is 38.2 Å². The third-order valence-electron chi connectivity index (χ3n) is 3.61. The lowest BCUT2D eigenvalue weighted by Crippen LogP contribution is -2.25. The molecule has 1 aliphatic rings. The number of pyridine rings is 1. The molecule has 19 heavy (non-hydrogen) atoms. The maximum absolute atomic E-state index is 11.2. The number of anilines is 1. The summed E-state index contributed by atoms with van der Waals surface area (Å²) in [6, 6.07) is 3.71. The van der Waals surface area contributed by atoms with Gasteiger partial charge in [0, 0.05) is 38.7 Å². The minimum absolute atomic E-state index is 0.329. The molecule has 1 saturated heterocycles. The van der Waals surface area contributed by atoms with Crippen molar-refractivity contribution in [1.29, 1.82) is 0 Å². The van der Waals surface area contributed by atoms with Crippen molar-refractivity contribution in [2.24, 2.45) is 11.7 Å². The summed E-state index contributed by atoms with van der Waals surface area (Å²) in [5.74, 6) is 0.154. The molecule has 1 aromatic rings. The second-order valence-electron chi connectivity index (χ2n) is 5.00. The summed E-state index contributed by atoms with van der Waals surface area (Å²) in [5.41, 5.74) is 6.63. The predicted octanol–water partition coefficient (Wildman–Crippen LogP) is 1.43. The Morgan fingerprint density at radius 3 is 3.11 bits per heavy atom. The van der Waals surface area contributed by atoms with Gasteiger partial charge in [-0.05, 0) is 37.3 Å². The number of nitrogens with two attached hydrogens (primary N) is 1. The van der Waals surface area contributed by atoms with Gasteiger partial charge in [0.05, 0.1) is 0 Å². The Labute approximate surface area is 113 Å². The molecule has 1 aromatic heterocycles. The Hall–Kier alpha value is -1.62. The van der Waals surface area contributed by atoms with Crippen molar-refractivity contribution in [2.75, 3.05) is 31.7 Å². The number of carbonyl (C=O) groups is 1. The monoisotopic (exact) mass is 263 g/mol. The van der Waals surface area contributed by atoms with E-state index >= 15 is 0 Å². The fourth-order valence-corrected chi connectivity index (χ4v) is 2.58. The maximum Gasteiger partial charge on any atom is 0.267 e. The van der Waals surface area contributed by atoms with Crippen LogP contribution in [0.2, 0.25) is 0 Å². The molecule has 0 unspecified atom stereocenters. The first kappa shape index (κ1) is 13.8. The Morgan fingerprint density at radius 1 is 1.53 bits per heavy atom. The Kier molecular flexibility index (Phi) is 4.74. The summed E-state index contributed by atoms with van der Waals surface area (Å²) in [4.78, 5) is 17.4. The molecule has 104 valence electrons. The van der Waals surface area contributed by atoms with E-state index in [9.17, 15) is 4.79 Å². The lowest BCUT2D eigenvalue weighted by molar-refractivity contribution is 0.0995. The van der Waals surface area contributed by atoms with Crippen molar-refractivity contribution in [3.05, 3.63) is 24.0 Å². The number of methoxy groups -OCH3 is 1. The van der Waals surface area contributed by atoms with Gasteiger partial charge in [-0.3, -0.25) is 9.78 Å². The lowest BCUT2D eigenvalue weighted by Gasteiger charge is -2.23. The van der Waals surface area contributed by atoms with Gasteiger partial charge in [-0.25, -0.2) is 0 Å². The third kappa shape index (κ3) is 3.67. The molecule has 1 fully saturated rings. The van der Waals surface area contributed by atoms with Gasteiger partial charge in [-0.15, -0.1) is 0 Å². The average Bonchev–Trinajstić information content (AvgIpc) is 2.65. The van der Waals surface area contributed by atoms with Crippen LogP contribution < -0.4 is 10.6 Å². The first-order valence-corrected chi connectivity index (χ1v) is 6.70. The number of ether oxygens (including phenoxy) is 1. The molecule has 2 N–H and O–H groups in total. The number of carbonyl (C=O) groups excluding carboxylic acids is 1. The zero-order valence-corrected chi connectivity index (χ0v) is 11.3. The molecular weight excluding hydrogens is 242 g/mol. The highest BCUT2D eigenvalue weighted by molar-refractivity contribution is 5.91. The molecule has 2 heterocycles. The van der Waals surface area contributed by atoms with Crippen LogP contribution in [0.1, 0.15) is 29.8 Å². The van der Waals surface area contributed by atoms with Crippen LogP contribution in [0.3, 0.4) is 0 Å². The highest BCUT2D eigenvalue weighted by Crippen LogP contribution is 2.23. The van der Waals surface area contributed by atoms with Crippen LogP contribution in [0, 0.1) is 5.92 Å². The molecule has 2 rings (SSSR count). The van der Waals surface area contributed by atoms with Crippen molar-refractivity contribution in [2.45, 2.75) is 19.3 Å². The number of nitrogens with zero attached hydrogens (tertiary/aromatic N) is 2. The van der Waals surface area contributed by atoms with E-state index < -0.39 is 5.91 Å². The minimum Gasteiger partial charge on any atom is -0.384 e. The fourth-order valence-electron chi connectivity index (χ4n) is 2.58. The molecule has 0 radical (unpaired) electrons. The Bertz CT molecular complexity index is 436. The van der Waals surface area contributed by atoms with Crippen LogP contribution in [0.15, 0.2) is 18.3 Å². The van der Waals surface area contributed by atoms with E-state index in [-0.39, 0.29) is 0 Å². The van der Waals surface area contributed by atoms with Gasteiger partial charge in [0.25, 0.3) is 5.91 Å². The van der Waals surface area contributed by atoms with Gasteiger partial charge >= 0.3 is 0 Å². The summed E-state index contributed by atoms with van der Waals surface area (Å²) in [6.45, 7) is 2.81. The van der Waals surface area contributed by atoms with Crippen molar-refractivity contribution in [3.8, 4) is 0 Å². The average molecular weight is 263 g/mol. The molecule has 1 atom stereocenters. The van der Waals surface area contributed by atoms with E-state index in [1.807, 2.05) is 6.07 Å². The molecule has 0 spiro atoms. The molecule has 0 bridgehead atoms. The van der Waals surface area contributed by atoms with Crippen molar-refractivity contribution < 1.29 is 9.53 Å². The van der Waals surface area contributed by atoms with Crippen LogP contribution in [0.5, 0.6) is 0 Å². The summed E-state index contributed by atoms with van der Waals surface area (Å²) in [7, 11) is 1.75. The molecule has 5 heteroatoms. The lowest BCUT2D eigenvalue weighted by atomic mass is 10.0. The van der Waals surface area contributed by atoms with Gasteiger partial charge in [0.1, 0.15) is 5.69 Å². The fraction of sp³-hybridized carbons (Fsp3) is 0.571. The SMILES string of the molecule is COC[C@H]1CCCN(c2ccnc(C(N)=O)c2)CC1. The van der Waals surface area contributed by atoms with Crippen molar-refractivity contribution in [1.82, 2.24) is 4.98 Å². The van der Waals surface area contributed by atoms with Crippen molar-refractivity contribution >= 4 is 11.6 Å². The normalized spacial score (nSPS) is 20.1. The molecule has 0 aliphatic carbocycles. The molecule has 5 nitrogen and oxygen atoms in total. The van der Waals surface area contributed by atoms with Gasteiger partial charge in [0.2, 0.25) is 0 Å².